The summed E-state index contributed by atoms with van der Waals surface area (Å²) in [5.74, 6) is -42.4. The number of hydrogen-bond donors (Lipinski definition) is 0. The molecule has 174 valence electrons. The van der Waals surface area contributed by atoms with Gasteiger partial charge in [0.25, 0.3) is 0 Å². The molecule has 2 unspecified atom stereocenters. The van der Waals surface area contributed by atoms with Crippen molar-refractivity contribution in [2.24, 2.45) is 9.98 Å². The zero-order valence-electron chi connectivity index (χ0n) is 14.8. The molecule has 0 fully saturated rings. The molecule has 4 nitrogen and oxygen atoms in total. The van der Waals surface area contributed by atoms with Gasteiger partial charge < -0.3 is 0 Å². The van der Waals surface area contributed by atoms with E-state index in [2.05, 4.69) is 9.98 Å². The highest BCUT2D eigenvalue weighted by Crippen LogP contribution is 2.61. The molecule has 30 heavy (non-hydrogen) atoms. The third-order valence-corrected chi connectivity index (χ3v) is 3.75. The van der Waals surface area contributed by atoms with Crippen molar-refractivity contribution in [3.8, 4) is 0 Å². The largest absolute Gasteiger partial charge is 0.384 e. The van der Waals surface area contributed by atoms with Crippen LogP contribution < -0.4 is 0 Å². The summed E-state index contributed by atoms with van der Waals surface area (Å²) in [7, 11) is 0. The van der Waals surface area contributed by atoms with Gasteiger partial charge in [-0.15, -0.1) is 0 Å². The van der Waals surface area contributed by atoms with Crippen LogP contribution in [0.2, 0.25) is 0 Å². The van der Waals surface area contributed by atoms with Gasteiger partial charge in [-0.3, -0.25) is 0 Å². The lowest BCUT2D eigenvalue weighted by Gasteiger charge is -2.41. The Bertz CT molecular complexity index is 652. The maximum absolute atomic E-state index is 13.6. The molecular formula is C14H12F12N2O2. The standard InChI is InChI=1S/C14H12F12N2O2/c1-7(27-5-29)3-9(15,16)11(19,20)13(23,24)14(25,26)12(21,22)10(17,18)4-8(2)28-6-30/h7-8H,3-4H2,1-2H3. The molecule has 0 aromatic heterocycles. The van der Waals surface area contributed by atoms with Crippen LogP contribution in [-0.2, 0) is 9.59 Å². The van der Waals surface area contributed by atoms with Crippen molar-refractivity contribution in [1.82, 2.24) is 0 Å². The van der Waals surface area contributed by atoms with E-state index in [9.17, 15) is 62.3 Å². The van der Waals surface area contributed by atoms with Crippen LogP contribution in [0.25, 0.3) is 0 Å². The van der Waals surface area contributed by atoms with E-state index in [-0.39, 0.29) is 0 Å². The van der Waals surface area contributed by atoms with Gasteiger partial charge in [0.2, 0.25) is 12.2 Å². The number of rotatable bonds is 11. The smallest absolute Gasteiger partial charge is 0.211 e. The summed E-state index contributed by atoms with van der Waals surface area (Å²) in [5, 5.41) is 0. The van der Waals surface area contributed by atoms with Crippen molar-refractivity contribution in [3.63, 3.8) is 0 Å². The van der Waals surface area contributed by atoms with E-state index in [1.807, 2.05) is 0 Å². The second-order valence-corrected chi connectivity index (χ2v) is 6.25. The number of aliphatic imine (C=N–C) groups is 2. The highest BCUT2D eigenvalue weighted by molar-refractivity contribution is 5.33. The second-order valence-electron chi connectivity index (χ2n) is 6.25. The Labute approximate surface area is 160 Å². The Morgan fingerprint density at radius 1 is 0.567 bits per heavy atom. The zero-order valence-corrected chi connectivity index (χ0v) is 14.8. The zero-order chi connectivity index (χ0) is 24.4. The van der Waals surface area contributed by atoms with Crippen molar-refractivity contribution >= 4 is 12.2 Å². The van der Waals surface area contributed by atoms with Crippen LogP contribution in [0.4, 0.5) is 52.7 Å². The first-order valence-corrected chi connectivity index (χ1v) is 7.57. The lowest BCUT2D eigenvalue weighted by molar-refractivity contribution is -0.426. The quantitative estimate of drug-likeness (QED) is 0.243. The van der Waals surface area contributed by atoms with Crippen LogP contribution in [0.5, 0.6) is 0 Å². The molecule has 0 aromatic rings. The van der Waals surface area contributed by atoms with Crippen molar-refractivity contribution < 1.29 is 62.3 Å². The van der Waals surface area contributed by atoms with Gasteiger partial charge in [0.05, 0.1) is 12.1 Å². The van der Waals surface area contributed by atoms with Crippen LogP contribution in [0.3, 0.4) is 0 Å². The van der Waals surface area contributed by atoms with Crippen molar-refractivity contribution in [2.45, 2.75) is 74.3 Å². The van der Waals surface area contributed by atoms with Gasteiger partial charge in [0.1, 0.15) is 0 Å². The molecule has 0 heterocycles. The molecule has 0 rings (SSSR count). The lowest BCUT2D eigenvalue weighted by atomic mass is 9.88. The van der Waals surface area contributed by atoms with Crippen LogP contribution in [0.1, 0.15) is 26.7 Å². The summed E-state index contributed by atoms with van der Waals surface area (Å²) in [6.07, 6.45) is -3.83. The van der Waals surface area contributed by atoms with Crippen LogP contribution in [0.15, 0.2) is 9.98 Å². The van der Waals surface area contributed by atoms with Gasteiger partial charge in [-0.05, 0) is 13.8 Å². The lowest BCUT2D eigenvalue weighted by Crippen LogP contribution is -2.71. The van der Waals surface area contributed by atoms with Crippen molar-refractivity contribution in [2.75, 3.05) is 0 Å². The molecule has 0 saturated heterocycles. The predicted molar refractivity (Wildman–Crippen MR) is 74.1 cm³/mol. The summed E-state index contributed by atoms with van der Waals surface area (Å²) >= 11 is 0. The topological polar surface area (TPSA) is 58.9 Å². The number of carbonyl (C=O) groups excluding carboxylic acids is 2. The molecule has 0 aromatic carbocycles. The first-order chi connectivity index (χ1) is 13.2. The van der Waals surface area contributed by atoms with Crippen molar-refractivity contribution in [1.29, 1.82) is 0 Å². The summed E-state index contributed by atoms with van der Waals surface area (Å²) < 4.78 is 163. The number of halogens is 12. The van der Waals surface area contributed by atoms with Crippen LogP contribution in [-0.4, -0.2) is 59.8 Å². The normalized spacial score (nSPS) is 16.3. The molecule has 16 heteroatoms. The molecular weight excluding hydrogens is 456 g/mol. The number of alkyl halides is 12. The minimum Gasteiger partial charge on any atom is -0.211 e. The van der Waals surface area contributed by atoms with E-state index in [1.165, 1.54) is 0 Å². The molecule has 0 bridgehead atoms. The molecule has 0 N–H and O–H groups in total. The summed E-state index contributed by atoms with van der Waals surface area (Å²) in [6.45, 7) is 0.950. The maximum Gasteiger partial charge on any atom is 0.384 e. The minimum absolute atomic E-state index is 0.475. The Balaban J connectivity index is 6.30. The fourth-order valence-corrected chi connectivity index (χ4v) is 2.12. The number of isocyanates is 2. The average Bonchev–Trinajstić information content (AvgIpc) is 2.53. The van der Waals surface area contributed by atoms with Gasteiger partial charge in [-0.25, -0.2) is 19.6 Å². The monoisotopic (exact) mass is 468 g/mol. The molecule has 2 atom stereocenters. The summed E-state index contributed by atoms with van der Waals surface area (Å²) in [4.78, 5) is 24.6. The van der Waals surface area contributed by atoms with E-state index in [0.717, 1.165) is 0 Å². The highest BCUT2D eigenvalue weighted by Gasteiger charge is 2.89. The first kappa shape index (κ1) is 27.9. The van der Waals surface area contributed by atoms with Crippen LogP contribution >= 0.6 is 0 Å². The van der Waals surface area contributed by atoms with E-state index < -0.39 is 60.5 Å². The average molecular weight is 468 g/mol. The summed E-state index contributed by atoms with van der Waals surface area (Å²) in [6, 6.07) is -4.39. The minimum atomic E-state index is -7.71. The van der Waals surface area contributed by atoms with Crippen molar-refractivity contribution in [3.05, 3.63) is 0 Å². The van der Waals surface area contributed by atoms with Gasteiger partial charge in [0.15, 0.2) is 0 Å². The third-order valence-electron chi connectivity index (χ3n) is 3.75. The summed E-state index contributed by atoms with van der Waals surface area (Å²) in [5.41, 5.74) is 0. The van der Waals surface area contributed by atoms with Gasteiger partial charge in [0, 0.05) is 12.8 Å². The highest BCUT2D eigenvalue weighted by atomic mass is 19.4. The van der Waals surface area contributed by atoms with Crippen LogP contribution in [0, 0.1) is 0 Å². The van der Waals surface area contributed by atoms with Gasteiger partial charge in [-0.1, -0.05) is 0 Å². The number of hydrogen-bond acceptors (Lipinski definition) is 4. The van der Waals surface area contributed by atoms with Gasteiger partial charge >= 0.3 is 35.5 Å². The fraction of sp³-hybridized carbons (Fsp3) is 0.857. The maximum atomic E-state index is 13.6. The van der Waals surface area contributed by atoms with E-state index in [1.54, 1.807) is 0 Å². The molecule has 0 spiro atoms. The Morgan fingerprint density at radius 2 is 0.800 bits per heavy atom. The second kappa shape index (κ2) is 8.58. The third kappa shape index (κ3) is 4.64. The Kier molecular flexibility index (Phi) is 7.98. The first-order valence-electron chi connectivity index (χ1n) is 7.57. The Hall–Kier alpha value is -2.08. The van der Waals surface area contributed by atoms with E-state index in [0.29, 0.717) is 26.0 Å². The van der Waals surface area contributed by atoms with E-state index >= 15 is 0 Å². The fourth-order valence-electron chi connectivity index (χ4n) is 2.12. The van der Waals surface area contributed by atoms with Gasteiger partial charge in [-0.2, -0.15) is 52.7 Å². The molecule has 0 aliphatic carbocycles. The molecule has 0 amide bonds. The molecule has 0 saturated carbocycles. The molecule has 0 radical (unpaired) electrons. The molecule has 0 aliphatic rings. The van der Waals surface area contributed by atoms with E-state index in [4.69, 9.17) is 0 Å². The Morgan fingerprint density at radius 3 is 1.00 bits per heavy atom. The number of nitrogens with zero attached hydrogens (tertiary/aromatic N) is 2. The molecule has 0 aliphatic heterocycles. The SMILES string of the molecule is CC(CC(F)(F)C(F)(F)C(F)(F)C(F)(F)C(F)(F)C(F)(F)CC(C)N=C=O)N=C=O. The predicted octanol–water partition coefficient (Wildman–Crippen LogP) is 5.03.